The Hall–Kier alpha value is -1.51. The minimum Gasteiger partial charge on any atom is -0.450 e. The van der Waals surface area contributed by atoms with E-state index in [1.807, 2.05) is 50.3 Å². The Kier molecular flexibility index (Phi) is 13.3. The van der Waals surface area contributed by atoms with Crippen LogP contribution in [0.4, 0.5) is 4.79 Å². The molecule has 0 aliphatic rings. The summed E-state index contributed by atoms with van der Waals surface area (Å²) in [4.78, 5) is 8.56. The first kappa shape index (κ1) is 13.1. The smallest absolute Gasteiger partial charge is 0.450 e. The molecular weight excluding hydrogens is 156 g/mol. The van der Waals surface area contributed by atoms with Crippen LogP contribution in [0, 0.1) is 0 Å². The molecule has 0 unspecified atom stereocenters. The van der Waals surface area contributed by atoms with Crippen LogP contribution in [0.5, 0.6) is 0 Å². The van der Waals surface area contributed by atoms with Crippen LogP contribution in [0.3, 0.4) is 0 Å². The Balaban J connectivity index is 0. The third-order valence-electron chi connectivity index (χ3n) is 0.718. The average molecular weight is 170 g/mol. The maximum absolute atomic E-state index is 8.56. The van der Waals surface area contributed by atoms with Gasteiger partial charge in [-0.3, -0.25) is 0 Å². The molecule has 0 aromatic heterocycles. The molecule has 12 heavy (non-hydrogen) atoms. The number of allylic oxidation sites excluding steroid dienone is 6. The van der Waals surface area contributed by atoms with Crippen molar-refractivity contribution in [3.05, 3.63) is 36.5 Å². The highest BCUT2D eigenvalue weighted by molar-refractivity contribution is 5.53. The molecule has 3 nitrogen and oxygen atoms in total. The molecule has 0 amide bonds. The number of rotatable bonds is 2. The molecule has 0 saturated heterocycles. The molecule has 0 radical (unpaired) electrons. The van der Waals surface area contributed by atoms with Gasteiger partial charge >= 0.3 is 6.16 Å². The van der Waals surface area contributed by atoms with Crippen LogP contribution in [-0.2, 0) is 0 Å². The highest BCUT2D eigenvalue weighted by Crippen LogP contribution is 1.77. The second-order valence-electron chi connectivity index (χ2n) is 1.72. The van der Waals surface area contributed by atoms with Gasteiger partial charge < -0.3 is 10.2 Å². The van der Waals surface area contributed by atoms with E-state index in [9.17, 15) is 0 Å². The Morgan fingerprint density at radius 3 is 1.33 bits per heavy atom. The highest BCUT2D eigenvalue weighted by atomic mass is 16.6. The predicted molar refractivity (Wildman–Crippen MR) is 49.4 cm³/mol. The van der Waals surface area contributed by atoms with E-state index < -0.39 is 6.16 Å². The van der Waals surface area contributed by atoms with Gasteiger partial charge in [0.15, 0.2) is 0 Å². The number of carbonyl (C=O) groups is 1. The van der Waals surface area contributed by atoms with E-state index in [1.54, 1.807) is 0 Å². The van der Waals surface area contributed by atoms with Gasteiger partial charge in [-0.2, -0.15) is 0 Å². The van der Waals surface area contributed by atoms with Crippen LogP contribution >= 0.6 is 0 Å². The van der Waals surface area contributed by atoms with Gasteiger partial charge in [-0.1, -0.05) is 36.5 Å². The second-order valence-corrected chi connectivity index (χ2v) is 1.72. The Bertz CT molecular complexity index is 160. The first-order chi connectivity index (χ1) is 5.65. The van der Waals surface area contributed by atoms with Gasteiger partial charge in [0.05, 0.1) is 0 Å². The van der Waals surface area contributed by atoms with Crippen molar-refractivity contribution in [1.82, 2.24) is 0 Å². The minimum atomic E-state index is -1.83. The molecule has 0 bridgehead atoms. The van der Waals surface area contributed by atoms with Crippen LogP contribution < -0.4 is 0 Å². The molecule has 0 aromatic carbocycles. The number of carboxylic acid groups (broad SMARTS) is 2. The van der Waals surface area contributed by atoms with Crippen LogP contribution in [0.25, 0.3) is 0 Å². The normalized spacial score (nSPS) is 10.5. The van der Waals surface area contributed by atoms with E-state index in [2.05, 4.69) is 0 Å². The molecule has 68 valence electrons. The average Bonchev–Trinajstić information content (AvgIpc) is 1.97. The monoisotopic (exact) mass is 170 g/mol. The van der Waals surface area contributed by atoms with Gasteiger partial charge in [-0.25, -0.2) is 4.79 Å². The van der Waals surface area contributed by atoms with Crippen molar-refractivity contribution in [2.45, 2.75) is 13.8 Å². The fourth-order valence-electron chi connectivity index (χ4n) is 0.351. The van der Waals surface area contributed by atoms with Crippen molar-refractivity contribution >= 4 is 6.16 Å². The van der Waals surface area contributed by atoms with Crippen LogP contribution in [0.15, 0.2) is 36.5 Å². The van der Waals surface area contributed by atoms with E-state index in [4.69, 9.17) is 15.0 Å². The highest BCUT2D eigenvalue weighted by Gasteiger charge is 1.70. The fourth-order valence-corrected chi connectivity index (χ4v) is 0.351. The third-order valence-corrected chi connectivity index (χ3v) is 0.718. The van der Waals surface area contributed by atoms with Crippen molar-refractivity contribution in [3.63, 3.8) is 0 Å². The molecule has 0 fully saturated rings. The van der Waals surface area contributed by atoms with E-state index in [0.29, 0.717) is 0 Å². The SMILES string of the molecule is CC=CC=CC=CC.O=C(O)O. The van der Waals surface area contributed by atoms with Gasteiger partial charge in [-0.15, -0.1) is 0 Å². The summed E-state index contributed by atoms with van der Waals surface area (Å²) in [5.74, 6) is 0. The molecule has 0 spiro atoms. The lowest BCUT2D eigenvalue weighted by atomic mass is 10.4. The van der Waals surface area contributed by atoms with Gasteiger partial charge in [0, 0.05) is 0 Å². The van der Waals surface area contributed by atoms with Crippen molar-refractivity contribution in [2.24, 2.45) is 0 Å². The lowest BCUT2D eigenvalue weighted by Crippen LogP contribution is -1.81. The molecule has 0 rings (SSSR count). The first-order valence-electron chi connectivity index (χ1n) is 3.47. The standard InChI is InChI=1S/C8H12.CH2O3/c1-3-5-7-8-6-4-2;2-1(3)4/h3-8H,1-2H3;(H2,2,3,4). The number of hydrogen-bond acceptors (Lipinski definition) is 1. The summed E-state index contributed by atoms with van der Waals surface area (Å²) in [6.45, 7) is 4.00. The summed E-state index contributed by atoms with van der Waals surface area (Å²) in [7, 11) is 0. The van der Waals surface area contributed by atoms with E-state index in [0.717, 1.165) is 0 Å². The van der Waals surface area contributed by atoms with Crippen LogP contribution in [0.1, 0.15) is 13.8 Å². The van der Waals surface area contributed by atoms with E-state index in [-0.39, 0.29) is 0 Å². The fraction of sp³-hybridized carbons (Fsp3) is 0.222. The maximum atomic E-state index is 8.56. The third kappa shape index (κ3) is 39.1. The maximum Gasteiger partial charge on any atom is 0.503 e. The van der Waals surface area contributed by atoms with Gasteiger partial charge in [0.2, 0.25) is 0 Å². The quantitative estimate of drug-likeness (QED) is 0.626. The van der Waals surface area contributed by atoms with E-state index in [1.165, 1.54) is 0 Å². The summed E-state index contributed by atoms with van der Waals surface area (Å²) in [6, 6.07) is 0. The van der Waals surface area contributed by atoms with Gasteiger partial charge in [-0.05, 0) is 13.8 Å². The largest absolute Gasteiger partial charge is 0.503 e. The molecule has 0 aliphatic heterocycles. The molecule has 3 heteroatoms. The first-order valence-corrected chi connectivity index (χ1v) is 3.47. The predicted octanol–water partition coefficient (Wildman–Crippen LogP) is 2.92. The van der Waals surface area contributed by atoms with Crippen molar-refractivity contribution in [3.8, 4) is 0 Å². The molecular formula is C9H14O3. The molecule has 0 aromatic rings. The molecule has 0 heterocycles. The van der Waals surface area contributed by atoms with Gasteiger partial charge in [0.25, 0.3) is 0 Å². The van der Waals surface area contributed by atoms with Crippen LogP contribution in [0.2, 0.25) is 0 Å². The van der Waals surface area contributed by atoms with Gasteiger partial charge in [0.1, 0.15) is 0 Å². The molecule has 0 aliphatic carbocycles. The Morgan fingerprint density at radius 1 is 0.917 bits per heavy atom. The zero-order valence-electron chi connectivity index (χ0n) is 7.27. The zero-order valence-corrected chi connectivity index (χ0v) is 7.27. The molecule has 0 saturated carbocycles. The van der Waals surface area contributed by atoms with Crippen molar-refractivity contribution in [1.29, 1.82) is 0 Å². The lowest BCUT2D eigenvalue weighted by Gasteiger charge is -1.68. The zero-order chi connectivity index (χ0) is 9.82. The Morgan fingerprint density at radius 2 is 1.17 bits per heavy atom. The van der Waals surface area contributed by atoms with Crippen LogP contribution in [-0.4, -0.2) is 16.4 Å². The summed E-state index contributed by atoms with van der Waals surface area (Å²) >= 11 is 0. The topological polar surface area (TPSA) is 57.5 Å². The Labute approximate surface area is 72.3 Å². The lowest BCUT2D eigenvalue weighted by molar-refractivity contribution is 0.137. The second kappa shape index (κ2) is 12.2. The summed E-state index contributed by atoms with van der Waals surface area (Å²) in [5.41, 5.74) is 0. The molecule has 2 N–H and O–H groups in total. The minimum absolute atomic E-state index is 1.83. The summed E-state index contributed by atoms with van der Waals surface area (Å²) in [6.07, 6.45) is 10.2. The number of hydrogen-bond donors (Lipinski definition) is 2. The van der Waals surface area contributed by atoms with E-state index >= 15 is 0 Å². The molecule has 0 atom stereocenters. The van der Waals surface area contributed by atoms with Crippen molar-refractivity contribution < 1.29 is 15.0 Å². The summed E-state index contributed by atoms with van der Waals surface area (Å²) < 4.78 is 0. The summed E-state index contributed by atoms with van der Waals surface area (Å²) in [5, 5.41) is 13.9. The van der Waals surface area contributed by atoms with Crippen molar-refractivity contribution in [2.75, 3.05) is 0 Å².